The topological polar surface area (TPSA) is 197 Å². The lowest BCUT2D eigenvalue weighted by molar-refractivity contribution is -0.144. The Bertz CT molecular complexity index is 1680. The number of morpholine rings is 1. The average molecular weight is 1330 g/mol. The molecule has 7 aliphatic heterocycles. The van der Waals surface area contributed by atoms with E-state index >= 15 is 0 Å². The summed E-state index contributed by atoms with van der Waals surface area (Å²) in [6.45, 7) is 86.5. The molecule has 19 nitrogen and oxygen atoms in total. The van der Waals surface area contributed by atoms with Crippen LogP contribution in [-0.4, -0.2) is 214 Å². The summed E-state index contributed by atoms with van der Waals surface area (Å²) in [5.74, 6) is 1.75. The standard InChI is InChI=1S/2C9H18N2O.C9H17NO2.C9H17NO.C8H16N2O.C8H15NO2.C8H15NO.7C2H6/c1-9(2,3)8(12)11-6-4-10-5-7-11;1-9(2,3)8(12)11-6-4-5-10-7-11;1-9(2,3)8(11)10-4-6-12-7-5-10;1-9(2,3)8(11)10-6-4-5-7-10;1-8(2,3)7(11)10-5-4-9-6-10;1-8(2,3)7(10)9-4-5-11-6-9;1-8(2,3)7(10)9-5-4-6-9;7*1-2/h2*10H,4-7H2,1-3H3;4-7H2,1-3H3;4-7H2,1-3H3;9H,4-6H2,1-3H3;4-6H2,1-3H3;4-6H2,1-3H3;7*1-2H3. The summed E-state index contributed by atoms with van der Waals surface area (Å²) in [5, 5.41) is 9.55. The van der Waals surface area contributed by atoms with Crippen LogP contribution in [0.5, 0.6) is 0 Å². The molecule has 0 bridgehead atoms. The van der Waals surface area contributed by atoms with E-state index in [1.165, 1.54) is 19.3 Å². The summed E-state index contributed by atoms with van der Waals surface area (Å²) >= 11 is 0. The molecule has 7 aliphatic rings. The van der Waals surface area contributed by atoms with E-state index in [9.17, 15) is 33.6 Å². The van der Waals surface area contributed by atoms with Crippen molar-refractivity contribution in [3.05, 3.63) is 0 Å². The van der Waals surface area contributed by atoms with Crippen molar-refractivity contribution < 1.29 is 43.0 Å². The molecule has 7 rings (SSSR count). The van der Waals surface area contributed by atoms with Crippen LogP contribution in [0.3, 0.4) is 0 Å². The van der Waals surface area contributed by atoms with Gasteiger partial charge >= 0.3 is 0 Å². The SMILES string of the molecule is CC.CC.CC.CC.CC.CC.CC.CC(C)(C)C(=O)N1CCC1.CC(C)(C)C(=O)N1CCCC1.CC(C)(C)C(=O)N1CCCNC1.CC(C)(C)C(=O)N1CCNC1.CC(C)(C)C(=O)N1CCNCC1.CC(C)(C)C(=O)N1CCOC1.CC(C)(C)C(=O)N1CCOCC1. The third kappa shape index (κ3) is 47.6. The molecule has 19 heteroatoms. The van der Waals surface area contributed by atoms with Gasteiger partial charge in [-0.3, -0.25) is 44.2 Å². The van der Waals surface area contributed by atoms with Gasteiger partial charge in [0.1, 0.15) is 6.73 Å². The van der Waals surface area contributed by atoms with Gasteiger partial charge in [0.15, 0.2) is 0 Å². The van der Waals surface area contributed by atoms with Crippen LogP contribution in [0.25, 0.3) is 0 Å². The van der Waals surface area contributed by atoms with Crippen LogP contribution in [0.1, 0.15) is 268 Å². The average Bonchev–Trinajstić information content (AvgIpc) is 2.08. The number of hydrogen-bond acceptors (Lipinski definition) is 12. The maximum absolute atomic E-state index is 11.7. The normalized spacial score (nSPS) is 16.7. The molecule has 93 heavy (non-hydrogen) atoms. The van der Waals surface area contributed by atoms with Crippen LogP contribution in [-0.2, 0) is 43.0 Å². The number of carbonyl (C=O) groups excluding carboxylic acids is 7. The first kappa shape index (κ1) is 103. The molecular weight excluding hydrogens is 1170 g/mol. The minimum Gasteiger partial charge on any atom is -0.378 e. The maximum atomic E-state index is 11.7. The fourth-order valence-corrected chi connectivity index (χ4v) is 8.51. The molecule has 0 radical (unpaired) electrons. The Kier molecular flexibility index (Phi) is 60.8. The Balaban J connectivity index is -0.000000180. The van der Waals surface area contributed by atoms with E-state index < -0.39 is 0 Å². The van der Waals surface area contributed by atoms with Crippen molar-refractivity contribution >= 4 is 41.4 Å². The van der Waals surface area contributed by atoms with Gasteiger partial charge in [-0.25, -0.2) is 0 Å². The number of piperazine rings is 1. The minimum absolute atomic E-state index is 0.176. The molecule has 7 heterocycles. The second-order valence-corrected chi connectivity index (χ2v) is 28.8. The van der Waals surface area contributed by atoms with Crippen molar-refractivity contribution in [2.24, 2.45) is 37.9 Å². The second-order valence-electron chi connectivity index (χ2n) is 28.8. The van der Waals surface area contributed by atoms with Crippen molar-refractivity contribution in [1.82, 2.24) is 50.2 Å². The van der Waals surface area contributed by atoms with Gasteiger partial charge in [0.25, 0.3) is 0 Å². The minimum atomic E-state index is -0.270. The molecule has 0 aromatic carbocycles. The number of ether oxygens (including phenoxy) is 2. The first-order valence-corrected chi connectivity index (χ1v) is 36.4. The Morgan fingerprint density at radius 1 is 0.237 bits per heavy atom. The number of rotatable bonds is 0. The smallest absolute Gasteiger partial charge is 0.229 e. The van der Waals surface area contributed by atoms with Crippen LogP contribution in [0, 0.1) is 37.9 Å². The lowest BCUT2D eigenvalue weighted by Gasteiger charge is -2.35. The number of likely N-dealkylation sites (tertiary alicyclic amines) is 2. The molecule has 0 unspecified atom stereocenters. The molecular formula is C74H158N10O9. The number of nitrogens with zero attached hydrogens (tertiary/aromatic N) is 7. The first-order valence-electron chi connectivity index (χ1n) is 36.4. The molecule has 0 aliphatic carbocycles. The Morgan fingerprint density at radius 2 is 0.452 bits per heavy atom. The van der Waals surface area contributed by atoms with Crippen LogP contribution in [0.15, 0.2) is 0 Å². The third-order valence-corrected chi connectivity index (χ3v) is 13.3. The molecule has 0 aromatic heterocycles. The molecule has 3 N–H and O–H groups in total. The highest BCUT2D eigenvalue weighted by Gasteiger charge is 2.34. The lowest BCUT2D eigenvalue weighted by Crippen LogP contribution is -2.49. The predicted octanol–water partition coefficient (Wildman–Crippen LogP) is 13.5. The fraction of sp³-hybridized carbons (Fsp3) is 0.905. The van der Waals surface area contributed by atoms with Crippen LogP contribution in [0.2, 0.25) is 0 Å². The van der Waals surface area contributed by atoms with E-state index in [1.807, 2.05) is 272 Å². The van der Waals surface area contributed by atoms with Crippen LogP contribution in [0.4, 0.5) is 0 Å². The molecule has 558 valence electrons. The Labute approximate surface area is 576 Å². The number of carbonyl (C=O) groups is 7. The van der Waals surface area contributed by atoms with Crippen molar-refractivity contribution in [3.8, 4) is 0 Å². The molecule has 0 aromatic rings. The third-order valence-electron chi connectivity index (χ3n) is 13.3. The lowest BCUT2D eigenvalue weighted by atomic mass is 9.93. The van der Waals surface area contributed by atoms with Gasteiger partial charge in [-0.15, -0.1) is 0 Å². The van der Waals surface area contributed by atoms with Crippen LogP contribution < -0.4 is 16.0 Å². The fourth-order valence-electron chi connectivity index (χ4n) is 8.51. The van der Waals surface area contributed by atoms with Gasteiger partial charge in [-0.2, -0.15) is 0 Å². The van der Waals surface area contributed by atoms with Gasteiger partial charge in [0.2, 0.25) is 41.4 Å². The second kappa shape index (κ2) is 55.1. The largest absolute Gasteiger partial charge is 0.378 e. The van der Waals surface area contributed by atoms with E-state index in [2.05, 4.69) is 16.0 Å². The van der Waals surface area contributed by atoms with Crippen molar-refractivity contribution in [2.75, 3.05) is 138 Å². The number of hydrogen-bond donors (Lipinski definition) is 3. The van der Waals surface area contributed by atoms with E-state index in [-0.39, 0.29) is 67.4 Å². The van der Waals surface area contributed by atoms with Crippen molar-refractivity contribution in [3.63, 3.8) is 0 Å². The molecule has 0 saturated carbocycles. The molecule has 7 fully saturated rings. The quantitative estimate of drug-likeness (QED) is 0.208. The monoisotopic (exact) mass is 1330 g/mol. The van der Waals surface area contributed by atoms with Gasteiger partial charge in [-0.05, 0) is 32.2 Å². The molecule has 0 atom stereocenters. The summed E-state index contributed by atoms with van der Waals surface area (Å²) in [4.78, 5) is 94.4. The zero-order valence-electron chi connectivity index (χ0n) is 68.0. The van der Waals surface area contributed by atoms with E-state index in [0.29, 0.717) is 38.4 Å². The summed E-state index contributed by atoms with van der Waals surface area (Å²) in [6.07, 6.45) is 4.62. The zero-order valence-corrected chi connectivity index (χ0v) is 68.0. The summed E-state index contributed by atoms with van der Waals surface area (Å²) < 4.78 is 10.2. The summed E-state index contributed by atoms with van der Waals surface area (Å²) in [7, 11) is 0. The maximum Gasteiger partial charge on any atom is 0.229 e. The molecule has 0 spiro atoms. The Morgan fingerprint density at radius 3 is 0.710 bits per heavy atom. The van der Waals surface area contributed by atoms with E-state index in [4.69, 9.17) is 9.47 Å². The van der Waals surface area contributed by atoms with E-state index in [1.54, 1.807) is 4.90 Å². The summed E-state index contributed by atoms with van der Waals surface area (Å²) in [6, 6.07) is 0. The summed E-state index contributed by atoms with van der Waals surface area (Å²) in [5.41, 5.74) is -1.59. The highest BCUT2D eigenvalue weighted by Crippen LogP contribution is 2.24. The Hall–Kier alpha value is -3.91. The predicted molar refractivity (Wildman–Crippen MR) is 396 cm³/mol. The van der Waals surface area contributed by atoms with Crippen molar-refractivity contribution in [2.45, 2.75) is 268 Å². The van der Waals surface area contributed by atoms with E-state index in [0.717, 1.165) is 118 Å². The highest BCUT2D eigenvalue weighted by molar-refractivity contribution is 5.84. The molecule has 7 saturated heterocycles. The highest BCUT2D eigenvalue weighted by atomic mass is 16.5. The van der Waals surface area contributed by atoms with Gasteiger partial charge < -0.3 is 49.1 Å². The number of amides is 7. The van der Waals surface area contributed by atoms with Crippen LogP contribution >= 0.6 is 0 Å². The number of nitrogens with one attached hydrogen (secondary N) is 3. The van der Waals surface area contributed by atoms with Gasteiger partial charge in [0, 0.05) is 130 Å². The van der Waals surface area contributed by atoms with Crippen molar-refractivity contribution in [1.29, 1.82) is 0 Å². The molecule has 7 amide bonds. The first-order chi connectivity index (χ1) is 43.1. The van der Waals surface area contributed by atoms with Gasteiger partial charge in [0.05, 0.1) is 33.2 Å². The van der Waals surface area contributed by atoms with Gasteiger partial charge in [-0.1, -0.05) is 242 Å². The zero-order chi connectivity index (χ0) is 74.8.